The summed E-state index contributed by atoms with van der Waals surface area (Å²) >= 11 is 12.6. The highest BCUT2D eigenvalue weighted by molar-refractivity contribution is 6.31. The number of hydrogen-bond acceptors (Lipinski definition) is 3. The number of benzene rings is 3. The molecule has 0 aliphatic carbocycles. The Morgan fingerprint density at radius 3 is 2.24 bits per heavy atom. The zero-order chi connectivity index (χ0) is 26.0. The molecule has 1 unspecified atom stereocenters. The zero-order valence-corrected chi connectivity index (χ0v) is 23.0. The monoisotopic (exact) mass is 534 g/mol. The second-order valence-corrected chi connectivity index (χ2v) is 11.5. The minimum Gasteiger partial charge on any atom is -0.359 e. The topological polar surface area (TPSA) is 71.1 Å². The summed E-state index contributed by atoms with van der Waals surface area (Å²) in [5, 5.41) is 2.74. The van der Waals surface area contributed by atoms with Gasteiger partial charge in [-0.05, 0) is 110 Å². The van der Waals surface area contributed by atoms with Crippen LogP contribution in [-0.2, 0) is 12.8 Å². The number of nitrogens with zero attached hydrogens (tertiary/aromatic N) is 1. The Morgan fingerprint density at radius 1 is 0.892 bits per heavy atom. The molecular weight excluding hydrogens is 499 g/mol. The van der Waals surface area contributed by atoms with Crippen LogP contribution in [0.1, 0.15) is 54.6 Å². The number of aromatic amines is 1. The minimum absolute atomic E-state index is 0.0740. The van der Waals surface area contributed by atoms with E-state index in [2.05, 4.69) is 65.3 Å². The van der Waals surface area contributed by atoms with Crippen LogP contribution in [0.25, 0.3) is 10.9 Å². The Labute approximate surface area is 229 Å². The summed E-state index contributed by atoms with van der Waals surface area (Å²) < 4.78 is 0. The smallest absolute Gasteiger partial charge is 0.0947 e. The van der Waals surface area contributed by atoms with Crippen LogP contribution >= 0.6 is 23.2 Å². The fourth-order valence-corrected chi connectivity index (χ4v) is 6.20. The van der Waals surface area contributed by atoms with E-state index >= 15 is 0 Å². The highest BCUT2D eigenvalue weighted by Gasteiger charge is 2.32. The van der Waals surface area contributed by atoms with Crippen LogP contribution in [0, 0.1) is 5.41 Å². The Hall–Kier alpha value is -2.50. The third-order valence-corrected chi connectivity index (χ3v) is 8.54. The number of nitrogens with two attached hydrogens (primary N) is 2. The summed E-state index contributed by atoms with van der Waals surface area (Å²) in [6.45, 7) is 4.64. The van der Waals surface area contributed by atoms with Crippen molar-refractivity contribution in [2.45, 2.75) is 45.1 Å². The lowest BCUT2D eigenvalue weighted by Crippen LogP contribution is -2.36. The number of halogens is 2. The molecule has 0 bridgehead atoms. The lowest BCUT2D eigenvalue weighted by Gasteiger charge is -2.38. The van der Waals surface area contributed by atoms with E-state index in [9.17, 15) is 0 Å². The van der Waals surface area contributed by atoms with Gasteiger partial charge in [-0.15, -0.1) is 0 Å². The normalized spacial score (nSPS) is 15.8. The quantitative estimate of drug-likeness (QED) is 0.211. The molecule has 194 valence electrons. The van der Waals surface area contributed by atoms with E-state index < -0.39 is 0 Å². The van der Waals surface area contributed by atoms with Gasteiger partial charge in [0.2, 0.25) is 0 Å². The van der Waals surface area contributed by atoms with Crippen molar-refractivity contribution < 1.29 is 0 Å². The summed E-state index contributed by atoms with van der Waals surface area (Å²) in [7, 11) is 0. The van der Waals surface area contributed by atoms with E-state index in [4.69, 9.17) is 34.7 Å². The first-order valence-electron chi connectivity index (χ1n) is 13.2. The molecule has 0 radical (unpaired) electrons. The van der Waals surface area contributed by atoms with E-state index in [0.717, 1.165) is 54.2 Å². The molecule has 1 aliphatic rings. The van der Waals surface area contributed by atoms with Gasteiger partial charge in [0, 0.05) is 38.9 Å². The van der Waals surface area contributed by atoms with E-state index in [1.54, 1.807) is 0 Å². The number of aromatic nitrogens is 1. The van der Waals surface area contributed by atoms with Crippen molar-refractivity contribution in [1.29, 1.82) is 0 Å². The standard InChI is InChI=1S/C31H36Cl2N4/c1-31(15-17-34,16-18-35)14-12-21-2-4-22(5-3-21)30-29-26(27-20-24(33)8-11-28(27)36-29)13-19-37(30)25-9-6-23(32)7-10-25/h2-11,20,30,36H,12-19,34-35H2,1H3. The molecule has 4 aromatic rings. The van der Waals surface area contributed by atoms with Gasteiger partial charge in [0.15, 0.2) is 0 Å². The van der Waals surface area contributed by atoms with Crippen LogP contribution in [0.3, 0.4) is 0 Å². The van der Waals surface area contributed by atoms with Crippen molar-refractivity contribution in [1.82, 2.24) is 4.98 Å². The summed E-state index contributed by atoms with van der Waals surface area (Å²) in [5.41, 5.74) is 19.5. The average Bonchev–Trinajstić information content (AvgIpc) is 3.26. The molecule has 1 aromatic heterocycles. The van der Waals surface area contributed by atoms with Crippen LogP contribution in [0.2, 0.25) is 10.0 Å². The molecule has 1 atom stereocenters. The maximum atomic E-state index is 6.38. The molecule has 0 fully saturated rings. The Morgan fingerprint density at radius 2 is 1.57 bits per heavy atom. The molecule has 4 nitrogen and oxygen atoms in total. The van der Waals surface area contributed by atoms with E-state index in [0.29, 0.717) is 13.1 Å². The number of rotatable bonds is 9. The second-order valence-electron chi connectivity index (χ2n) is 10.7. The number of hydrogen-bond donors (Lipinski definition) is 3. The minimum atomic E-state index is 0.0740. The first-order chi connectivity index (χ1) is 17.9. The third kappa shape index (κ3) is 5.53. The maximum Gasteiger partial charge on any atom is 0.0947 e. The van der Waals surface area contributed by atoms with Crippen molar-refractivity contribution in [2.24, 2.45) is 16.9 Å². The first kappa shape index (κ1) is 26.1. The molecule has 37 heavy (non-hydrogen) atoms. The van der Waals surface area contributed by atoms with Crippen LogP contribution in [0.15, 0.2) is 66.7 Å². The van der Waals surface area contributed by atoms with Crippen molar-refractivity contribution >= 4 is 39.8 Å². The molecule has 0 saturated carbocycles. The van der Waals surface area contributed by atoms with Crippen LogP contribution in [0.5, 0.6) is 0 Å². The van der Waals surface area contributed by atoms with E-state index in [-0.39, 0.29) is 11.5 Å². The fourth-order valence-electron chi connectivity index (χ4n) is 5.90. The molecule has 0 spiro atoms. The van der Waals surface area contributed by atoms with Crippen molar-refractivity contribution in [2.75, 3.05) is 24.5 Å². The molecule has 0 amide bonds. The predicted molar refractivity (Wildman–Crippen MR) is 158 cm³/mol. The van der Waals surface area contributed by atoms with Crippen molar-refractivity contribution in [3.63, 3.8) is 0 Å². The summed E-state index contributed by atoms with van der Waals surface area (Å²) in [6, 6.07) is 23.5. The number of anilines is 1. The Balaban J connectivity index is 1.48. The van der Waals surface area contributed by atoms with Crippen molar-refractivity contribution in [3.8, 4) is 0 Å². The van der Waals surface area contributed by atoms with Gasteiger partial charge < -0.3 is 21.4 Å². The maximum absolute atomic E-state index is 6.38. The highest BCUT2D eigenvalue weighted by atomic mass is 35.5. The first-order valence-corrected chi connectivity index (χ1v) is 14.0. The number of nitrogens with one attached hydrogen (secondary N) is 1. The largest absolute Gasteiger partial charge is 0.359 e. The van der Waals surface area contributed by atoms with Gasteiger partial charge in [-0.25, -0.2) is 0 Å². The zero-order valence-electron chi connectivity index (χ0n) is 21.4. The molecule has 2 heterocycles. The molecule has 6 heteroatoms. The summed E-state index contributed by atoms with van der Waals surface area (Å²) in [6.07, 6.45) is 5.08. The SMILES string of the molecule is CC(CCN)(CCN)CCc1ccc(C2c3[nH]c4ccc(Cl)cc4c3CCN2c2ccc(Cl)cc2)cc1. The van der Waals surface area contributed by atoms with Gasteiger partial charge >= 0.3 is 0 Å². The molecule has 5 rings (SSSR count). The molecule has 5 N–H and O–H groups in total. The summed E-state index contributed by atoms with van der Waals surface area (Å²) in [4.78, 5) is 6.22. The average molecular weight is 536 g/mol. The number of aryl methyl sites for hydroxylation is 1. The Bertz CT molecular complexity index is 1340. The number of fused-ring (bicyclic) bond motifs is 3. The van der Waals surface area contributed by atoms with E-state index in [1.165, 1.54) is 33.5 Å². The lowest BCUT2D eigenvalue weighted by atomic mass is 9.78. The predicted octanol–water partition coefficient (Wildman–Crippen LogP) is 7.26. The fraction of sp³-hybridized carbons (Fsp3) is 0.355. The molecule has 3 aromatic carbocycles. The Kier molecular flexibility index (Phi) is 7.83. The van der Waals surface area contributed by atoms with Crippen LogP contribution in [-0.4, -0.2) is 24.6 Å². The van der Waals surface area contributed by atoms with Gasteiger partial charge in [0.25, 0.3) is 0 Å². The third-order valence-electron chi connectivity index (χ3n) is 8.06. The van der Waals surface area contributed by atoms with Gasteiger partial charge in [-0.3, -0.25) is 0 Å². The van der Waals surface area contributed by atoms with E-state index in [1.807, 2.05) is 18.2 Å². The van der Waals surface area contributed by atoms with Crippen molar-refractivity contribution in [3.05, 3.63) is 99.2 Å². The number of H-pyrrole nitrogens is 1. The van der Waals surface area contributed by atoms with Gasteiger partial charge in [0.1, 0.15) is 0 Å². The molecule has 0 saturated heterocycles. The van der Waals surface area contributed by atoms with Crippen LogP contribution in [0.4, 0.5) is 5.69 Å². The lowest BCUT2D eigenvalue weighted by molar-refractivity contribution is 0.259. The molecular formula is C31H36Cl2N4. The summed E-state index contributed by atoms with van der Waals surface area (Å²) in [5.74, 6) is 0. The second kappa shape index (κ2) is 11.1. The highest BCUT2D eigenvalue weighted by Crippen LogP contribution is 2.41. The van der Waals surface area contributed by atoms with Gasteiger partial charge in [0.05, 0.1) is 6.04 Å². The molecule has 1 aliphatic heterocycles. The van der Waals surface area contributed by atoms with Gasteiger partial charge in [-0.2, -0.15) is 0 Å². The van der Waals surface area contributed by atoms with Gasteiger partial charge in [-0.1, -0.05) is 54.4 Å². The van der Waals surface area contributed by atoms with Crippen LogP contribution < -0.4 is 16.4 Å².